The van der Waals surface area contributed by atoms with Crippen LogP contribution in [0.1, 0.15) is 45.4 Å². The summed E-state index contributed by atoms with van der Waals surface area (Å²) in [6.07, 6.45) is 5.20. The summed E-state index contributed by atoms with van der Waals surface area (Å²) in [7, 11) is 0. The molecule has 1 heterocycles. The first-order chi connectivity index (χ1) is 8.13. The number of nitrogens with one attached hydrogen (secondary N) is 1. The molecule has 17 heavy (non-hydrogen) atoms. The Hall–Kier alpha value is -1.10. The second-order valence-electron chi connectivity index (χ2n) is 5.51. The number of hydrogen-bond acceptors (Lipinski definition) is 5. The van der Waals surface area contributed by atoms with Crippen molar-refractivity contribution in [3.05, 3.63) is 5.89 Å². The van der Waals surface area contributed by atoms with Crippen LogP contribution >= 0.6 is 0 Å². The molecule has 0 aromatic carbocycles. The first-order valence-electron chi connectivity index (χ1n) is 6.40. The smallest absolute Gasteiger partial charge is 0.315 e. The quantitative estimate of drug-likeness (QED) is 0.794. The second kappa shape index (κ2) is 5.04. The molecule has 3 N–H and O–H groups in total. The molecule has 1 saturated carbocycles. The van der Waals surface area contributed by atoms with Crippen molar-refractivity contribution >= 4 is 6.01 Å². The van der Waals surface area contributed by atoms with Gasteiger partial charge in [-0.15, -0.1) is 5.10 Å². The van der Waals surface area contributed by atoms with E-state index in [1.165, 1.54) is 25.7 Å². The summed E-state index contributed by atoms with van der Waals surface area (Å²) in [6.45, 7) is 5.78. The highest BCUT2D eigenvalue weighted by Crippen LogP contribution is 2.45. The number of nitrogens with two attached hydrogens (primary N) is 1. The topological polar surface area (TPSA) is 77.0 Å². The zero-order chi connectivity index (χ0) is 12.3. The van der Waals surface area contributed by atoms with Crippen molar-refractivity contribution < 1.29 is 4.42 Å². The monoisotopic (exact) mass is 238 g/mol. The van der Waals surface area contributed by atoms with Crippen LogP contribution < -0.4 is 11.1 Å². The number of aromatic nitrogens is 2. The number of nitrogens with zero attached hydrogens (tertiary/aromatic N) is 2. The van der Waals surface area contributed by atoms with Crippen LogP contribution in [0.25, 0.3) is 0 Å². The van der Waals surface area contributed by atoms with Crippen molar-refractivity contribution in [3.8, 4) is 0 Å². The summed E-state index contributed by atoms with van der Waals surface area (Å²) >= 11 is 0. The van der Waals surface area contributed by atoms with E-state index in [9.17, 15) is 0 Å². The summed E-state index contributed by atoms with van der Waals surface area (Å²) in [5.41, 5.74) is 5.86. The third kappa shape index (κ3) is 2.97. The van der Waals surface area contributed by atoms with E-state index in [2.05, 4.69) is 29.4 Å². The van der Waals surface area contributed by atoms with Gasteiger partial charge in [0.1, 0.15) is 0 Å². The Balaban J connectivity index is 1.87. The summed E-state index contributed by atoms with van der Waals surface area (Å²) in [5.74, 6) is 1.22. The molecule has 0 saturated heterocycles. The molecule has 0 aliphatic heterocycles. The highest BCUT2D eigenvalue weighted by molar-refractivity contribution is 5.18. The van der Waals surface area contributed by atoms with Crippen molar-refractivity contribution in [3.63, 3.8) is 0 Å². The minimum Gasteiger partial charge on any atom is -0.407 e. The Bertz CT molecular complexity index is 357. The van der Waals surface area contributed by atoms with E-state index in [1.54, 1.807) is 0 Å². The lowest BCUT2D eigenvalue weighted by molar-refractivity contribution is 0.116. The van der Waals surface area contributed by atoms with Crippen molar-refractivity contribution in [2.24, 2.45) is 17.1 Å². The molecule has 1 aromatic rings. The summed E-state index contributed by atoms with van der Waals surface area (Å²) < 4.78 is 5.34. The second-order valence-corrected chi connectivity index (χ2v) is 5.51. The van der Waals surface area contributed by atoms with Gasteiger partial charge in [0.05, 0.1) is 6.54 Å². The van der Waals surface area contributed by atoms with Gasteiger partial charge in [0.15, 0.2) is 0 Å². The molecule has 5 heteroatoms. The molecule has 0 unspecified atom stereocenters. The highest BCUT2D eigenvalue weighted by Gasteiger charge is 2.37. The zero-order valence-electron chi connectivity index (χ0n) is 10.7. The van der Waals surface area contributed by atoms with Gasteiger partial charge >= 0.3 is 6.01 Å². The molecule has 0 atom stereocenters. The van der Waals surface area contributed by atoms with Gasteiger partial charge in [-0.25, -0.2) is 0 Å². The fourth-order valence-corrected chi connectivity index (χ4v) is 2.67. The Morgan fingerprint density at radius 3 is 2.65 bits per heavy atom. The van der Waals surface area contributed by atoms with E-state index in [0.717, 1.165) is 12.5 Å². The molecule has 0 radical (unpaired) electrons. The fourth-order valence-electron chi connectivity index (χ4n) is 2.67. The highest BCUT2D eigenvalue weighted by atomic mass is 16.4. The first-order valence-corrected chi connectivity index (χ1v) is 6.40. The summed E-state index contributed by atoms with van der Waals surface area (Å²) in [5, 5.41) is 11.0. The minimum atomic E-state index is 0.297. The predicted octanol–water partition coefficient (Wildman–Crippen LogP) is 2.16. The van der Waals surface area contributed by atoms with E-state index in [-0.39, 0.29) is 0 Å². The summed E-state index contributed by atoms with van der Waals surface area (Å²) in [4.78, 5) is 0. The maximum absolute atomic E-state index is 5.42. The largest absolute Gasteiger partial charge is 0.407 e. The Morgan fingerprint density at radius 2 is 2.18 bits per heavy atom. The molecular weight excluding hydrogens is 216 g/mol. The van der Waals surface area contributed by atoms with Crippen molar-refractivity contribution in [2.45, 2.75) is 46.1 Å². The molecule has 1 aromatic heterocycles. The molecule has 0 bridgehead atoms. The van der Waals surface area contributed by atoms with Gasteiger partial charge in [-0.05, 0) is 30.6 Å². The zero-order valence-corrected chi connectivity index (χ0v) is 10.7. The molecule has 1 fully saturated rings. The Morgan fingerprint density at radius 1 is 1.41 bits per heavy atom. The van der Waals surface area contributed by atoms with Crippen LogP contribution in [0.5, 0.6) is 0 Å². The van der Waals surface area contributed by atoms with Crippen LogP contribution in [0.4, 0.5) is 6.01 Å². The van der Waals surface area contributed by atoms with Crippen LogP contribution in [0.3, 0.4) is 0 Å². The average molecular weight is 238 g/mol. The normalized spacial score (nSPS) is 18.1. The van der Waals surface area contributed by atoms with Crippen molar-refractivity contribution in [2.75, 3.05) is 11.9 Å². The third-order valence-corrected chi connectivity index (χ3v) is 3.51. The third-order valence-electron chi connectivity index (χ3n) is 3.51. The van der Waals surface area contributed by atoms with E-state index >= 15 is 0 Å². The van der Waals surface area contributed by atoms with E-state index < -0.39 is 0 Å². The van der Waals surface area contributed by atoms with Gasteiger partial charge in [-0.3, -0.25) is 0 Å². The van der Waals surface area contributed by atoms with Gasteiger partial charge in [0.2, 0.25) is 5.89 Å². The van der Waals surface area contributed by atoms with Crippen LogP contribution in [0, 0.1) is 11.3 Å². The fraction of sp³-hybridized carbons (Fsp3) is 0.833. The molecule has 1 aliphatic rings. The number of hydrogen-bond donors (Lipinski definition) is 2. The Labute approximate surface area is 102 Å². The molecule has 1 aliphatic carbocycles. The molecular formula is C12H22N4O. The maximum Gasteiger partial charge on any atom is 0.315 e. The van der Waals surface area contributed by atoms with Crippen LogP contribution in [0.15, 0.2) is 4.42 Å². The lowest BCUT2D eigenvalue weighted by Crippen LogP contribution is -2.37. The van der Waals surface area contributed by atoms with Crippen LogP contribution in [-0.4, -0.2) is 16.7 Å². The van der Waals surface area contributed by atoms with Crippen molar-refractivity contribution in [1.29, 1.82) is 0 Å². The molecule has 0 amide bonds. The summed E-state index contributed by atoms with van der Waals surface area (Å²) in [6, 6.07) is 0.500. The lowest BCUT2D eigenvalue weighted by atomic mass is 9.64. The minimum absolute atomic E-state index is 0.297. The van der Waals surface area contributed by atoms with Gasteiger partial charge < -0.3 is 15.5 Å². The standard InChI is InChI=1S/C12H22N4O/c1-9(2)6-12(4-3-5-12)8-14-11-16-15-10(7-13)17-11/h9H,3-8,13H2,1-2H3,(H,14,16). The first kappa shape index (κ1) is 12.4. The molecule has 0 spiro atoms. The average Bonchev–Trinajstić information content (AvgIpc) is 2.69. The van der Waals surface area contributed by atoms with E-state index in [1.807, 2.05) is 0 Å². The van der Waals surface area contributed by atoms with Gasteiger partial charge in [0, 0.05) is 6.54 Å². The predicted molar refractivity (Wildman–Crippen MR) is 66.4 cm³/mol. The van der Waals surface area contributed by atoms with Crippen LogP contribution in [0.2, 0.25) is 0 Å². The number of rotatable bonds is 6. The SMILES string of the molecule is CC(C)CC1(CNc2nnc(CN)o2)CCC1. The number of anilines is 1. The Kier molecular flexibility index (Phi) is 3.66. The van der Waals surface area contributed by atoms with Gasteiger partial charge in [-0.1, -0.05) is 25.4 Å². The van der Waals surface area contributed by atoms with Gasteiger partial charge in [0.25, 0.3) is 0 Å². The molecule has 96 valence electrons. The molecule has 2 rings (SSSR count). The maximum atomic E-state index is 5.42. The van der Waals surface area contributed by atoms with Crippen molar-refractivity contribution in [1.82, 2.24) is 10.2 Å². The van der Waals surface area contributed by atoms with Gasteiger partial charge in [-0.2, -0.15) is 0 Å². The van der Waals surface area contributed by atoms with Crippen LogP contribution in [-0.2, 0) is 6.54 Å². The van der Waals surface area contributed by atoms with E-state index in [4.69, 9.17) is 10.2 Å². The van der Waals surface area contributed by atoms with E-state index in [0.29, 0.717) is 23.9 Å². The lowest BCUT2D eigenvalue weighted by Gasteiger charge is -2.43. The molecule has 5 nitrogen and oxygen atoms in total.